The van der Waals surface area contributed by atoms with Crippen molar-refractivity contribution >= 4 is 21.0 Å². The zero-order valence-corrected chi connectivity index (χ0v) is 13.8. The molecule has 3 rings (SSSR count). The van der Waals surface area contributed by atoms with Crippen LogP contribution in [-0.2, 0) is 10.0 Å². The molecule has 0 bridgehead atoms. The van der Waals surface area contributed by atoms with Crippen molar-refractivity contribution in [2.24, 2.45) is 5.92 Å². The quantitative estimate of drug-likeness (QED) is 0.848. The van der Waals surface area contributed by atoms with Gasteiger partial charge >= 0.3 is 0 Å². The van der Waals surface area contributed by atoms with Gasteiger partial charge in [-0.15, -0.1) is 0 Å². The third-order valence-electron chi connectivity index (χ3n) is 4.36. The maximum absolute atomic E-state index is 12.7. The van der Waals surface area contributed by atoms with Gasteiger partial charge in [-0.1, -0.05) is 25.1 Å². The lowest BCUT2D eigenvalue weighted by atomic mass is 10.1. The summed E-state index contributed by atoms with van der Waals surface area (Å²) in [7, 11) is -1.46. The van der Waals surface area contributed by atoms with E-state index in [-0.39, 0.29) is 5.09 Å². The van der Waals surface area contributed by atoms with Gasteiger partial charge in [-0.05, 0) is 32.0 Å². The van der Waals surface area contributed by atoms with Crippen LogP contribution in [-0.4, -0.2) is 50.8 Å². The molecular formula is C16H22N2O3S. The van der Waals surface area contributed by atoms with Crippen LogP contribution in [0.4, 0.5) is 0 Å². The molecule has 6 heteroatoms. The molecule has 0 aliphatic carbocycles. The van der Waals surface area contributed by atoms with Gasteiger partial charge in [0.25, 0.3) is 10.0 Å². The average Bonchev–Trinajstić information content (AvgIpc) is 3.13. The van der Waals surface area contributed by atoms with Crippen molar-refractivity contribution in [2.75, 3.05) is 33.2 Å². The summed E-state index contributed by atoms with van der Waals surface area (Å²) in [5, 5.41) is 0.876. The van der Waals surface area contributed by atoms with Gasteiger partial charge in [0.05, 0.1) is 0 Å². The highest BCUT2D eigenvalue weighted by Crippen LogP contribution is 2.28. The number of hydrogen-bond acceptors (Lipinski definition) is 4. The van der Waals surface area contributed by atoms with Gasteiger partial charge < -0.3 is 9.32 Å². The molecule has 1 aliphatic rings. The first-order chi connectivity index (χ1) is 10.5. The Hall–Kier alpha value is -1.37. The number of benzene rings is 1. The first kappa shape index (κ1) is 15.5. The van der Waals surface area contributed by atoms with Crippen LogP contribution in [0.3, 0.4) is 0 Å². The summed E-state index contributed by atoms with van der Waals surface area (Å²) in [6.45, 7) is 5.17. The van der Waals surface area contributed by atoms with Crippen molar-refractivity contribution in [3.63, 3.8) is 0 Å². The highest BCUT2D eigenvalue weighted by atomic mass is 32.2. The Morgan fingerprint density at radius 1 is 1.36 bits per heavy atom. The molecule has 1 atom stereocenters. The van der Waals surface area contributed by atoms with E-state index in [0.717, 1.165) is 24.9 Å². The minimum absolute atomic E-state index is 0.0539. The Morgan fingerprint density at radius 3 is 2.86 bits per heavy atom. The molecule has 0 radical (unpaired) electrons. The molecule has 0 unspecified atom stereocenters. The summed E-state index contributed by atoms with van der Waals surface area (Å²) in [5.41, 5.74) is 0.613. The van der Waals surface area contributed by atoms with E-state index in [2.05, 4.69) is 18.9 Å². The maximum Gasteiger partial charge on any atom is 0.276 e. The lowest BCUT2D eigenvalue weighted by Crippen LogP contribution is -2.31. The Balaban J connectivity index is 1.79. The number of furan rings is 1. The molecule has 1 aromatic carbocycles. The van der Waals surface area contributed by atoms with Crippen LogP contribution in [0.15, 0.2) is 39.8 Å². The van der Waals surface area contributed by atoms with Gasteiger partial charge in [0.1, 0.15) is 5.58 Å². The summed E-state index contributed by atoms with van der Waals surface area (Å²) in [4.78, 5) is 2.22. The summed E-state index contributed by atoms with van der Waals surface area (Å²) in [6, 6.07) is 8.99. The Kier molecular flexibility index (Phi) is 4.25. The molecule has 0 saturated carbocycles. The lowest BCUT2D eigenvalue weighted by Gasteiger charge is -2.19. The van der Waals surface area contributed by atoms with Gasteiger partial charge in [-0.3, -0.25) is 0 Å². The second kappa shape index (κ2) is 6.02. The number of rotatable bonds is 5. The van der Waals surface area contributed by atoms with E-state index in [1.807, 2.05) is 18.2 Å². The molecule has 1 saturated heterocycles. The number of para-hydroxylation sites is 1. The summed E-state index contributed by atoms with van der Waals surface area (Å²) in [5.74, 6) is 0.393. The molecule has 0 spiro atoms. The third-order valence-corrected chi connectivity index (χ3v) is 6.08. The fourth-order valence-electron chi connectivity index (χ4n) is 2.95. The first-order valence-electron chi connectivity index (χ1n) is 7.68. The highest BCUT2D eigenvalue weighted by molar-refractivity contribution is 7.89. The van der Waals surface area contributed by atoms with Crippen LogP contribution < -0.4 is 0 Å². The number of sulfonamides is 1. The van der Waals surface area contributed by atoms with Gasteiger partial charge in [0.15, 0.2) is 0 Å². The Bertz CT molecular complexity index is 721. The second-order valence-electron chi connectivity index (χ2n) is 5.98. The number of fused-ring (bicyclic) bond motifs is 1. The molecule has 0 N–H and O–H groups in total. The molecule has 2 aromatic rings. The monoisotopic (exact) mass is 322 g/mol. The Labute approximate surface area is 131 Å². The maximum atomic E-state index is 12.7. The summed E-state index contributed by atoms with van der Waals surface area (Å²) in [6.07, 6.45) is 0.907. The third kappa shape index (κ3) is 2.91. The predicted octanol–water partition coefficient (Wildman–Crippen LogP) is 2.40. The average molecular weight is 322 g/mol. The first-order valence-corrected chi connectivity index (χ1v) is 9.12. The van der Waals surface area contributed by atoms with Crippen molar-refractivity contribution < 1.29 is 12.8 Å². The normalized spacial score (nSPS) is 20.2. The van der Waals surface area contributed by atoms with Crippen LogP contribution >= 0.6 is 0 Å². The summed E-state index contributed by atoms with van der Waals surface area (Å²) >= 11 is 0. The predicted molar refractivity (Wildman–Crippen MR) is 86.3 cm³/mol. The fourth-order valence-corrected chi connectivity index (χ4v) is 4.42. The zero-order valence-electron chi connectivity index (χ0n) is 13.0. The molecule has 0 amide bonds. The zero-order chi connectivity index (χ0) is 15.7. The topological polar surface area (TPSA) is 53.8 Å². The fraction of sp³-hybridized carbons (Fsp3) is 0.500. The van der Waals surface area contributed by atoms with Gasteiger partial charge in [0.2, 0.25) is 5.09 Å². The van der Waals surface area contributed by atoms with Gasteiger partial charge in [-0.25, -0.2) is 8.42 Å². The van der Waals surface area contributed by atoms with Crippen LogP contribution in [0.1, 0.15) is 13.3 Å². The minimum atomic E-state index is -3.53. The van der Waals surface area contributed by atoms with Crippen molar-refractivity contribution in [1.82, 2.24) is 9.21 Å². The number of hydrogen-bond donors (Lipinski definition) is 0. The van der Waals surface area contributed by atoms with E-state index < -0.39 is 10.0 Å². The highest BCUT2D eigenvalue weighted by Gasteiger charge is 2.34. The van der Waals surface area contributed by atoms with Crippen molar-refractivity contribution in [3.05, 3.63) is 30.3 Å². The molecule has 1 aromatic heterocycles. The van der Waals surface area contributed by atoms with Gasteiger partial charge in [-0.2, -0.15) is 4.31 Å². The van der Waals surface area contributed by atoms with E-state index in [1.165, 1.54) is 0 Å². The molecule has 1 aliphatic heterocycles. The summed E-state index contributed by atoms with van der Waals surface area (Å²) < 4.78 is 32.5. The van der Waals surface area contributed by atoms with Crippen LogP contribution in [0, 0.1) is 5.92 Å². The van der Waals surface area contributed by atoms with Gasteiger partial charge in [0, 0.05) is 31.1 Å². The SMILES string of the molecule is CCN(C)C[C@H]1CCN(S(=O)(=O)c2cc3ccccc3o2)C1. The molecule has 120 valence electrons. The van der Waals surface area contributed by atoms with E-state index >= 15 is 0 Å². The largest absolute Gasteiger partial charge is 0.443 e. The van der Waals surface area contributed by atoms with Crippen molar-refractivity contribution in [1.29, 1.82) is 0 Å². The van der Waals surface area contributed by atoms with E-state index in [1.54, 1.807) is 16.4 Å². The van der Waals surface area contributed by atoms with Crippen LogP contribution in [0.25, 0.3) is 11.0 Å². The van der Waals surface area contributed by atoms with Crippen molar-refractivity contribution in [2.45, 2.75) is 18.4 Å². The van der Waals surface area contributed by atoms with E-state index in [9.17, 15) is 8.42 Å². The molecule has 22 heavy (non-hydrogen) atoms. The molecule has 5 nitrogen and oxygen atoms in total. The van der Waals surface area contributed by atoms with Crippen molar-refractivity contribution in [3.8, 4) is 0 Å². The standard InChI is InChI=1S/C16H22N2O3S/c1-3-17(2)11-13-8-9-18(12-13)22(19,20)16-10-14-6-4-5-7-15(14)21-16/h4-7,10,13H,3,8-9,11-12H2,1-2H3/t13-/m1/s1. The lowest BCUT2D eigenvalue weighted by molar-refractivity contribution is 0.292. The molecular weight excluding hydrogens is 300 g/mol. The molecule has 2 heterocycles. The second-order valence-corrected chi connectivity index (χ2v) is 7.84. The van der Waals surface area contributed by atoms with Crippen LogP contribution in [0.5, 0.6) is 0 Å². The number of nitrogens with zero attached hydrogens (tertiary/aromatic N) is 2. The van der Waals surface area contributed by atoms with Crippen LogP contribution in [0.2, 0.25) is 0 Å². The molecule has 1 fully saturated rings. The smallest absolute Gasteiger partial charge is 0.276 e. The van der Waals surface area contributed by atoms with E-state index in [4.69, 9.17) is 4.42 Å². The Morgan fingerprint density at radius 2 is 2.14 bits per heavy atom. The minimum Gasteiger partial charge on any atom is -0.443 e. The van der Waals surface area contributed by atoms with E-state index in [0.29, 0.717) is 24.6 Å².